The normalized spacial score (nSPS) is 11.4. The van der Waals surface area contributed by atoms with Crippen molar-refractivity contribution in [1.29, 1.82) is 0 Å². The lowest BCUT2D eigenvalue weighted by molar-refractivity contribution is -0.153. The van der Waals surface area contributed by atoms with Gasteiger partial charge in [0.25, 0.3) is 5.91 Å². The summed E-state index contributed by atoms with van der Waals surface area (Å²) in [7, 11) is 1.61. The molecular formula is C19H21NO4. The molecule has 2 aromatic rings. The van der Waals surface area contributed by atoms with Crippen molar-refractivity contribution in [3.63, 3.8) is 0 Å². The molecule has 0 bridgehead atoms. The number of hydrogen-bond acceptors (Lipinski definition) is 4. The summed E-state index contributed by atoms with van der Waals surface area (Å²) in [6.45, 7) is 1.56. The van der Waals surface area contributed by atoms with Crippen molar-refractivity contribution in [1.82, 2.24) is 0 Å². The summed E-state index contributed by atoms with van der Waals surface area (Å²) in [6.07, 6.45) is -0.0703. The van der Waals surface area contributed by atoms with Gasteiger partial charge in [-0.15, -0.1) is 0 Å². The molecule has 0 saturated carbocycles. The number of nitrogens with one attached hydrogen (secondary N) is 1. The van der Waals surface area contributed by atoms with Crippen LogP contribution in [0.2, 0.25) is 0 Å². The van der Waals surface area contributed by atoms with Crippen LogP contribution in [0.5, 0.6) is 5.75 Å². The molecule has 0 spiro atoms. The highest BCUT2D eigenvalue weighted by atomic mass is 16.5. The number of benzene rings is 2. The number of hydrogen-bond donors (Lipinski definition) is 1. The van der Waals surface area contributed by atoms with Crippen molar-refractivity contribution in [3.05, 3.63) is 60.2 Å². The predicted molar refractivity (Wildman–Crippen MR) is 91.9 cm³/mol. The second-order valence-corrected chi connectivity index (χ2v) is 5.34. The number of esters is 1. The Kier molecular flexibility index (Phi) is 6.37. The number of carbonyl (C=O) groups is 2. The summed E-state index contributed by atoms with van der Waals surface area (Å²) in [5, 5.41) is 2.70. The van der Waals surface area contributed by atoms with Gasteiger partial charge in [-0.25, -0.2) is 0 Å². The molecule has 1 atom stereocenters. The van der Waals surface area contributed by atoms with Gasteiger partial charge in [0.2, 0.25) is 0 Å². The Bertz CT molecular complexity index is 668. The summed E-state index contributed by atoms with van der Waals surface area (Å²) in [5.74, 6) is 0.0214. The van der Waals surface area contributed by atoms with Crippen molar-refractivity contribution < 1.29 is 19.1 Å². The van der Waals surface area contributed by atoms with Gasteiger partial charge in [0.05, 0.1) is 7.11 Å². The standard InChI is InChI=1S/C19H21NO4/c1-14(19(22)20-16-6-4-3-5-7-16)24-18(21)13-10-15-8-11-17(23-2)12-9-15/h3-9,11-12,14H,10,13H2,1-2H3,(H,20,22). The van der Waals surface area contributed by atoms with E-state index < -0.39 is 12.1 Å². The van der Waals surface area contributed by atoms with Gasteiger partial charge in [-0.1, -0.05) is 30.3 Å². The van der Waals surface area contributed by atoms with Gasteiger partial charge in [-0.05, 0) is 43.2 Å². The zero-order valence-corrected chi connectivity index (χ0v) is 13.8. The van der Waals surface area contributed by atoms with Crippen LogP contribution < -0.4 is 10.1 Å². The second-order valence-electron chi connectivity index (χ2n) is 5.34. The molecule has 0 aromatic heterocycles. The molecule has 126 valence electrons. The highest BCUT2D eigenvalue weighted by Crippen LogP contribution is 2.13. The van der Waals surface area contributed by atoms with E-state index in [2.05, 4.69) is 5.32 Å². The number of para-hydroxylation sites is 1. The Morgan fingerprint density at radius 2 is 1.71 bits per heavy atom. The lowest BCUT2D eigenvalue weighted by atomic mass is 10.1. The molecule has 0 saturated heterocycles. The first-order valence-electron chi connectivity index (χ1n) is 7.77. The van der Waals surface area contributed by atoms with E-state index in [1.165, 1.54) is 0 Å². The summed E-state index contributed by atoms with van der Waals surface area (Å²) in [4.78, 5) is 23.9. The highest BCUT2D eigenvalue weighted by Gasteiger charge is 2.17. The van der Waals surface area contributed by atoms with Crippen LogP contribution in [-0.4, -0.2) is 25.1 Å². The first-order valence-corrected chi connectivity index (χ1v) is 7.77. The summed E-state index contributed by atoms with van der Waals surface area (Å²) in [6, 6.07) is 16.5. The van der Waals surface area contributed by atoms with Crippen LogP contribution >= 0.6 is 0 Å². The molecule has 5 heteroatoms. The van der Waals surface area contributed by atoms with Crippen molar-refractivity contribution in [2.24, 2.45) is 0 Å². The van der Waals surface area contributed by atoms with E-state index in [-0.39, 0.29) is 12.3 Å². The van der Waals surface area contributed by atoms with E-state index in [1.807, 2.05) is 42.5 Å². The van der Waals surface area contributed by atoms with E-state index in [1.54, 1.807) is 26.2 Å². The van der Waals surface area contributed by atoms with E-state index in [9.17, 15) is 9.59 Å². The Morgan fingerprint density at radius 1 is 1.04 bits per heavy atom. The van der Waals surface area contributed by atoms with Crippen LogP contribution in [0.25, 0.3) is 0 Å². The average Bonchev–Trinajstić information content (AvgIpc) is 2.61. The number of amides is 1. The molecule has 0 aliphatic heterocycles. The monoisotopic (exact) mass is 327 g/mol. The van der Waals surface area contributed by atoms with E-state index in [0.717, 1.165) is 11.3 Å². The Hall–Kier alpha value is -2.82. The molecule has 0 heterocycles. The fraction of sp³-hybridized carbons (Fsp3) is 0.263. The van der Waals surface area contributed by atoms with Gasteiger partial charge >= 0.3 is 5.97 Å². The first kappa shape index (κ1) is 17.5. The molecule has 0 fully saturated rings. The smallest absolute Gasteiger partial charge is 0.306 e. The maximum Gasteiger partial charge on any atom is 0.306 e. The summed E-state index contributed by atoms with van der Waals surface area (Å²) in [5.41, 5.74) is 1.68. The Balaban J connectivity index is 1.77. The van der Waals surface area contributed by atoms with Crippen molar-refractivity contribution in [3.8, 4) is 5.75 Å². The third kappa shape index (κ3) is 5.43. The first-order chi connectivity index (χ1) is 11.6. The van der Waals surface area contributed by atoms with Crippen LogP contribution in [0.15, 0.2) is 54.6 Å². The van der Waals surface area contributed by atoms with Gasteiger partial charge < -0.3 is 14.8 Å². The third-order valence-electron chi connectivity index (χ3n) is 3.50. The number of rotatable bonds is 7. The topological polar surface area (TPSA) is 64.6 Å². The SMILES string of the molecule is COc1ccc(CCC(=O)OC(C)C(=O)Nc2ccccc2)cc1. The molecule has 5 nitrogen and oxygen atoms in total. The molecule has 0 radical (unpaired) electrons. The van der Waals surface area contributed by atoms with Crippen LogP contribution in [0.4, 0.5) is 5.69 Å². The lowest BCUT2D eigenvalue weighted by Crippen LogP contribution is -2.30. The quantitative estimate of drug-likeness (QED) is 0.793. The summed E-state index contributed by atoms with van der Waals surface area (Å²) < 4.78 is 10.3. The van der Waals surface area contributed by atoms with E-state index in [4.69, 9.17) is 9.47 Å². The molecule has 2 aromatic carbocycles. The van der Waals surface area contributed by atoms with Gasteiger partial charge in [-0.3, -0.25) is 9.59 Å². The lowest BCUT2D eigenvalue weighted by Gasteiger charge is -2.13. The van der Waals surface area contributed by atoms with Gasteiger partial charge in [0.15, 0.2) is 6.10 Å². The number of aryl methyl sites for hydroxylation is 1. The summed E-state index contributed by atoms with van der Waals surface area (Å²) >= 11 is 0. The molecule has 0 aliphatic rings. The fourth-order valence-corrected chi connectivity index (χ4v) is 2.11. The minimum atomic E-state index is -0.839. The maximum absolute atomic E-state index is 12.0. The van der Waals surface area contributed by atoms with E-state index >= 15 is 0 Å². The van der Waals surface area contributed by atoms with Gasteiger partial charge in [0, 0.05) is 12.1 Å². The molecule has 1 amide bonds. The maximum atomic E-state index is 12.0. The molecule has 1 unspecified atom stereocenters. The third-order valence-corrected chi connectivity index (χ3v) is 3.50. The van der Waals surface area contributed by atoms with Crippen LogP contribution in [-0.2, 0) is 20.7 Å². The van der Waals surface area contributed by atoms with Crippen molar-refractivity contribution in [2.45, 2.75) is 25.9 Å². The molecule has 24 heavy (non-hydrogen) atoms. The zero-order chi connectivity index (χ0) is 17.4. The number of anilines is 1. The second kappa shape index (κ2) is 8.72. The van der Waals surface area contributed by atoms with Gasteiger partial charge in [-0.2, -0.15) is 0 Å². The minimum absolute atomic E-state index is 0.218. The van der Waals surface area contributed by atoms with E-state index in [0.29, 0.717) is 12.1 Å². The predicted octanol–water partition coefficient (Wildman–Crippen LogP) is 3.20. The van der Waals surface area contributed by atoms with Crippen molar-refractivity contribution in [2.75, 3.05) is 12.4 Å². The average molecular weight is 327 g/mol. The number of methoxy groups -OCH3 is 1. The number of carbonyl (C=O) groups excluding carboxylic acids is 2. The molecule has 1 N–H and O–H groups in total. The zero-order valence-electron chi connectivity index (χ0n) is 13.8. The van der Waals surface area contributed by atoms with Crippen LogP contribution in [0.3, 0.4) is 0 Å². The number of ether oxygens (including phenoxy) is 2. The minimum Gasteiger partial charge on any atom is -0.497 e. The molecular weight excluding hydrogens is 306 g/mol. The largest absolute Gasteiger partial charge is 0.497 e. The van der Waals surface area contributed by atoms with Crippen LogP contribution in [0, 0.1) is 0 Å². The van der Waals surface area contributed by atoms with Gasteiger partial charge in [0.1, 0.15) is 5.75 Å². The van der Waals surface area contributed by atoms with Crippen molar-refractivity contribution >= 4 is 17.6 Å². The van der Waals surface area contributed by atoms with Crippen LogP contribution in [0.1, 0.15) is 18.9 Å². The Morgan fingerprint density at radius 3 is 2.33 bits per heavy atom. The highest BCUT2D eigenvalue weighted by molar-refractivity contribution is 5.95. The fourth-order valence-electron chi connectivity index (χ4n) is 2.11. The Labute approximate surface area is 141 Å². The molecule has 0 aliphatic carbocycles. The molecule has 2 rings (SSSR count).